The first kappa shape index (κ1) is 5.70. The molecule has 1 aliphatic heterocycles. The second-order valence-electron chi connectivity index (χ2n) is 2.03. The Bertz CT molecular complexity index is 208. The van der Waals surface area contributed by atoms with Crippen molar-refractivity contribution in [3.05, 3.63) is 30.3 Å². The molecule has 0 atom stereocenters. The summed E-state index contributed by atoms with van der Waals surface area (Å²) < 4.78 is 0. The van der Waals surface area contributed by atoms with Crippen LogP contribution in [0, 0.1) is 0 Å². The standard InChI is InChI=1S/C7H7NO2/c1-2-4-6(5-3-1)8-7-9-10-7/h1-5,7-8H. The van der Waals surface area contributed by atoms with E-state index in [1.165, 1.54) is 0 Å². The molecule has 10 heavy (non-hydrogen) atoms. The van der Waals surface area contributed by atoms with Gasteiger partial charge in [-0.3, -0.25) is 0 Å². The lowest BCUT2D eigenvalue weighted by Crippen LogP contribution is -2.00. The molecule has 0 aromatic heterocycles. The summed E-state index contributed by atoms with van der Waals surface area (Å²) in [5.74, 6) is 0. The van der Waals surface area contributed by atoms with Gasteiger partial charge in [0.05, 0.1) is 0 Å². The van der Waals surface area contributed by atoms with E-state index in [1.807, 2.05) is 30.3 Å². The first-order chi connectivity index (χ1) is 4.95. The third-order valence-electron chi connectivity index (χ3n) is 1.25. The van der Waals surface area contributed by atoms with E-state index in [0.717, 1.165) is 5.69 Å². The normalized spacial score (nSPS) is 16.8. The summed E-state index contributed by atoms with van der Waals surface area (Å²) in [6.07, 6.45) is -0.234. The molecule has 3 heteroatoms. The fourth-order valence-corrected chi connectivity index (χ4v) is 0.746. The molecule has 1 N–H and O–H groups in total. The lowest BCUT2D eigenvalue weighted by molar-refractivity contribution is 0.0850. The minimum atomic E-state index is -0.234. The van der Waals surface area contributed by atoms with E-state index in [-0.39, 0.29) is 6.41 Å². The van der Waals surface area contributed by atoms with E-state index in [2.05, 4.69) is 15.1 Å². The Kier molecular flexibility index (Phi) is 1.30. The highest BCUT2D eigenvalue weighted by Gasteiger charge is 2.24. The Hall–Kier alpha value is -1.06. The fraction of sp³-hybridized carbons (Fsp3) is 0.143. The zero-order valence-electron chi connectivity index (χ0n) is 5.28. The van der Waals surface area contributed by atoms with Crippen LogP contribution in [0.5, 0.6) is 0 Å². The quantitative estimate of drug-likeness (QED) is 0.493. The van der Waals surface area contributed by atoms with Gasteiger partial charge in [0.2, 0.25) is 0 Å². The molecule has 2 rings (SSSR count). The summed E-state index contributed by atoms with van der Waals surface area (Å²) >= 11 is 0. The molecule has 0 saturated carbocycles. The minimum Gasteiger partial charge on any atom is -0.333 e. The Morgan fingerprint density at radius 2 is 1.80 bits per heavy atom. The zero-order chi connectivity index (χ0) is 6.81. The Labute approximate surface area is 58.5 Å². The van der Waals surface area contributed by atoms with Crippen molar-refractivity contribution >= 4 is 5.69 Å². The number of rotatable bonds is 2. The van der Waals surface area contributed by atoms with Crippen LogP contribution < -0.4 is 5.32 Å². The summed E-state index contributed by atoms with van der Waals surface area (Å²) in [6.45, 7) is 0. The van der Waals surface area contributed by atoms with Crippen molar-refractivity contribution in [1.29, 1.82) is 0 Å². The number of hydrogen-bond donors (Lipinski definition) is 1. The predicted octanol–water partition coefficient (Wildman–Crippen LogP) is 1.34. The largest absolute Gasteiger partial charge is 0.333 e. The van der Waals surface area contributed by atoms with Gasteiger partial charge in [0, 0.05) is 5.69 Å². The van der Waals surface area contributed by atoms with E-state index in [4.69, 9.17) is 0 Å². The van der Waals surface area contributed by atoms with Gasteiger partial charge in [-0.05, 0) is 12.1 Å². The van der Waals surface area contributed by atoms with Crippen LogP contribution in [0.1, 0.15) is 0 Å². The molecule has 1 heterocycles. The lowest BCUT2D eigenvalue weighted by Gasteiger charge is -1.96. The molecule has 0 amide bonds. The molecule has 1 saturated heterocycles. The fourth-order valence-electron chi connectivity index (χ4n) is 0.746. The highest BCUT2D eigenvalue weighted by molar-refractivity contribution is 5.42. The van der Waals surface area contributed by atoms with Gasteiger partial charge in [-0.15, -0.1) is 0 Å². The van der Waals surface area contributed by atoms with Gasteiger partial charge in [0.15, 0.2) is 0 Å². The van der Waals surface area contributed by atoms with Crippen molar-refractivity contribution in [3.8, 4) is 0 Å². The summed E-state index contributed by atoms with van der Waals surface area (Å²) in [7, 11) is 0. The van der Waals surface area contributed by atoms with Crippen LogP contribution in [0.15, 0.2) is 30.3 Å². The van der Waals surface area contributed by atoms with E-state index in [0.29, 0.717) is 0 Å². The monoisotopic (exact) mass is 137 g/mol. The molecule has 1 fully saturated rings. The maximum Gasteiger partial charge on any atom is 0.297 e. The molecule has 0 unspecified atom stereocenters. The third-order valence-corrected chi connectivity index (χ3v) is 1.25. The first-order valence-corrected chi connectivity index (χ1v) is 3.09. The molecule has 52 valence electrons. The molecule has 1 aromatic carbocycles. The maximum absolute atomic E-state index is 4.50. The Morgan fingerprint density at radius 1 is 1.10 bits per heavy atom. The van der Waals surface area contributed by atoms with E-state index >= 15 is 0 Å². The smallest absolute Gasteiger partial charge is 0.297 e. The first-order valence-electron chi connectivity index (χ1n) is 3.09. The van der Waals surface area contributed by atoms with Crippen molar-refractivity contribution in [2.45, 2.75) is 6.41 Å². The van der Waals surface area contributed by atoms with E-state index in [9.17, 15) is 0 Å². The van der Waals surface area contributed by atoms with Gasteiger partial charge in [-0.2, -0.15) is 9.78 Å². The van der Waals surface area contributed by atoms with Crippen molar-refractivity contribution in [1.82, 2.24) is 0 Å². The van der Waals surface area contributed by atoms with E-state index < -0.39 is 0 Å². The zero-order valence-corrected chi connectivity index (χ0v) is 5.28. The molecule has 0 spiro atoms. The van der Waals surface area contributed by atoms with Crippen molar-refractivity contribution in [2.24, 2.45) is 0 Å². The second-order valence-corrected chi connectivity index (χ2v) is 2.03. The highest BCUT2D eigenvalue weighted by atomic mass is 17.4. The highest BCUT2D eigenvalue weighted by Crippen LogP contribution is 2.15. The molecule has 1 aliphatic rings. The van der Waals surface area contributed by atoms with Gasteiger partial charge in [0.1, 0.15) is 0 Å². The van der Waals surface area contributed by atoms with Gasteiger partial charge >= 0.3 is 0 Å². The summed E-state index contributed by atoms with van der Waals surface area (Å²) in [5.41, 5.74) is 1.00. The van der Waals surface area contributed by atoms with Crippen LogP contribution >= 0.6 is 0 Å². The number of anilines is 1. The van der Waals surface area contributed by atoms with Gasteiger partial charge in [-0.25, -0.2) is 0 Å². The molecule has 1 aromatic rings. The minimum absolute atomic E-state index is 0.234. The Balaban J connectivity index is 2.03. The Morgan fingerprint density at radius 3 is 2.40 bits per heavy atom. The summed E-state index contributed by atoms with van der Waals surface area (Å²) in [5, 5.41) is 2.97. The van der Waals surface area contributed by atoms with Crippen molar-refractivity contribution in [2.75, 3.05) is 5.32 Å². The topological polar surface area (TPSA) is 37.1 Å². The molecular weight excluding hydrogens is 130 g/mol. The third kappa shape index (κ3) is 1.26. The van der Waals surface area contributed by atoms with Gasteiger partial charge in [-0.1, -0.05) is 18.2 Å². The number of hydrogen-bond acceptors (Lipinski definition) is 3. The van der Waals surface area contributed by atoms with Gasteiger partial charge in [0.25, 0.3) is 6.41 Å². The average molecular weight is 137 g/mol. The summed E-state index contributed by atoms with van der Waals surface area (Å²) in [6, 6.07) is 9.76. The average Bonchev–Trinajstić information content (AvgIpc) is 2.74. The molecule has 3 nitrogen and oxygen atoms in total. The van der Waals surface area contributed by atoms with E-state index in [1.54, 1.807) is 0 Å². The SMILES string of the molecule is c1ccc(NC2OO2)cc1. The van der Waals surface area contributed by atoms with Crippen molar-refractivity contribution < 1.29 is 9.78 Å². The van der Waals surface area contributed by atoms with Crippen LogP contribution in [0.4, 0.5) is 5.69 Å². The molecular formula is C7H7NO2. The van der Waals surface area contributed by atoms with Crippen molar-refractivity contribution in [3.63, 3.8) is 0 Å². The van der Waals surface area contributed by atoms with Gasteiger partial charge < -0.3 is 5.32 Å². The predicted molar refractivity (Wildman–Crippen MR) is 36.0 cm³/mol. The molecule has 0 radical (unpaired) electrons. The lowest BCUT2D eigenvalue weighted by atomic mass is 10.3. The summed E-state index contributed by atoms with van der Waals surface area (Å²) in [4.78, 5) is 9.00. The maximum atomic E-state index is 4.50. The van der Waals surface area contributed by atoms with Crippen LogP contribution in [0.25, 0.3) is 0 Å². The van der Waals surface area contributed by atoms with Crippen LogP contribution in [-0.2, 0) is 9.78 Å². The van der Waals surface area contributed by atoms with Crippen LogP contribution in [0.2, 0.25) is 0 Å². The number of benzene rings is 1. The molecule has 0 aliphatic carbocycles. The number of para-hydroxylation sites is 1. The van der Waals surface area contributed by atoms with Crippen LogP contribution in [-0.4, -0.2) is 6.41 Å². The number of nitrogens with one attached hydrogen (secondary N) is 1. The second kappa shape index (κ2) is 2.28. The van der Waals surface area contributed by atoms with Crippen LogP contribution in [0.3, 0.4) is 0 Å². The molecule has 0 bridgehead atoms.